The first-order chi connectivity index (χ1) is 9.67. The van der Waals surface area contributed by atoms with Gasteiger partial charge >= 0.3 is 0 Å². The molecule has 0 aromatic carbocycles. The lowest BCUT2D eigenvalue weighted by molar-refractivity contribution is -0.0269. The van der Waals surface area contributed by atoms with Gasteiger partial charge in [-0.05, 0) is 32.4 Å². The minimum absolute atomic E-state index is 0.0798. The van der Waals surface area contributed by atoms with E-state index >= 15 is 0 Å². The number of hydrogen-bond acceptors (Lipinski definition) is 3. The molecule has 1 N–H and O–H groups in total. The lowest BCUT2D eigenvalue weighted by Gasteiger charge is -2.43. The number of aliphatic hydroxyl groups excluding tert-OH is 1. The number of rotatable bonds is 7. The molecule has 2 rings (SSSR count). The first kappa shape index (κ1) is 15.5. The molecule has 1 aromatic heterocycles. The molecular formula is C16H29N3O. The summed E-state index contributed by atoms with van der Waals surface area (Å²) in [4.78, 5) is 2.45. The first-order valence-electron chi connectivity index (χ1n) is 8.13. The summed E-state index contributed by atoms with van der Waals surface area (Å²) in [5, 5.41) is 15.4. The van der Waals surface area contributed by atoms with Gasteiger partial charge in [0.1, 0.15) is 6.10 Å². The fraction of sp³-hybridized carbons (Fsp3) is 0.812. The molecule has 1 saturated carbocycles. The number of aryl methyl sites for hydroxylation is 1. The van der Waals surface area contributed by atoms with Crippen molar-refractivity contribution in [2.45, 2.75) is 71.1 Å². The van der Waals surface area contributed by atoms with Crippen LogP contribution in [0.15, 0.2) is 12.4 Å². The van der Waals surface area contributed by atoms with Crippen LogP contribution in [0.2, 0.25) is 0 Å². The van der Waals surface area contributed by atoms with Crippen molar-refractivity contribution in [3.8, 4) is 0 Å². The maximum absolute atomic E-state index is 11.0. The summed E-state index contributed by atoms with van der Waals surface area (Å²) in [6, 6.07) is 0. The van der Waals surface area contributed by atoms with Gasteiger partial charge in [-0.3, -0.25) is 9.58 Å². The summed E-state index contributed by atoms with van der Waals surface area (Å²) in [6.45, 7) is 9.44. The predicted molar refractivity (Wildman–Crippen MR) is 81.6 cm³/mol. The Labute approximate surface area is 122 Å². The molecule has 114 valence electrons. The second-order valence-electron chi connectivity index (χ2n) is 5.92. The van der Waals surface area contributed by atoms with Crippen LogP contribution in [0.25, 0.3) is 0 Å². The van der Waals surface area contributed by atoms with Gasteiger partial charge in [0, 0.05) is 18.3 Å². The highest BCUT2D eigenvalue weighted by Crippen LogP contribution is 2.44. The van der Waals surface area contributed by atoms with E-state index in [0.29, 0.717) is 0 Å². The molecule has 1 fully saturated rings. The van der Waals surface area contributed by atoms with E-state index in [0.717, 1.165) is 44.5 Å². The van der Waals surface area contributed by atoms with E-state index in [9.17, 15) is 5.11 Å². The van der Waals surface area contributed by atoms with Crippen LogP contribution in [0.5, 0.6) is 0 Å². The lowest BCUT2D eigenvalue weighted by Crippen LogP contribution is -2.51. The Hall–Kier alpha value is -0.870. The van der Waals surface area contributed by atoms with E-state index in [1.54, 1.807) is 0 Å². The highest BCUT2D eigenvalue weighted by molar-refractivity contribution is 5.17. The Balaban J connectivity index is 2.23. The molecule has 4 heteroatoms. The van der Waals surface area contributed by atoms with Crippen molar-refractivity contribution in [2.75, 3.05) is 13.1 Å². The van der Waals surface area contributed by atoms with Gasteiger partial charge in [0.05, 0.1) is 11.7 Å². The highest BCUT2D eigenvalue weighted by Gasteiger charge is 2.45. The Morgan fingerprint density at radius 2 is 1.95 bits per heavy atom. The molecule has 1 unspecified atom stereocenters. The van der Waals surface area contributed by atoms with Gasteiger partial charge in [0.2, 0.25) is 0 Å². The summed E-state index contributed by atoms with van der Waals surface area (Å²) in [5.41, 5.74) is 0.899. The fourth-order valence-corrected chi connectivity index (χ4v) is 3.79. The molecule has 1 aliphatic rings. The number of likely N-dealkylation sites (N-methyl/N-ethyl adjacent to an activating group) is 1. The Bertz CT molecular complexity index is 406. The summed E-state index contributed by atoms with van der Waals surface area (Å²) in [7, 11) is 0. The third-order valence-corrected chi connectivity index (χ3v) is 4.79. The third kappa shape index (κ3) is 2.77. The minimum atomic E-state index is -0.421. The van der Waals surface area contributed by atoms with Crippen LogP contribution >= 0.6 is 0 Å². The Morgan fingerprint density at radius 3 is 2.50 bits per heavy atom. The quantitative estimate of drug-likeness (QED) is 0.834. The molecule has 0 radical (unpaired) electrons. The van der Waals surface area contributed by atoms with Crippen molar-refractivity contribution in [1.29, 1.82) is 0 Å². The normalized spacial score (nSPS) is 19.6. The van der Waals surface area contributed by atoms with Crippen LogP contribution < -0.4 is 0 Å². The maximum Gasteiger partial charge on any atom is 0.100 e. The molecule has 1 aliphatic carbocycles. The Kier molecular flexibility index (Phi) is 5.22. The van der Waals surface area contributed by atoms with Crippen LogP contribution in [0.4, 0.5) is 0 Å². The van der Waals surface area contributed by atoms with Crippen LogP contribution in [-0.4, -0.2) is 38.4 Å². The molecule has 20 heavy (non-hydrogen) atoms. The first-order valence-corrected chi connectivity index (χ1v) is 8.13. The van der Waals surface area contributed by atoms with Crippen LogP contribution in [0.3, 0.4) is 0 Å². The van der Waals surface area contributed by atoms with E-state index < -0.39 is 6.10 Å². The van der Waals surface area contributed by atoms with Crippen molar-refractivity contribution < 1.29 is 5.11 Å². The topological polar surface area (TPSA) is 41.3 Å². The standard InChI is InChI=1S/C16H29N3O/c1-4-11-19-13-14(12-17-19)15(20)16(9-7-8-10-16)18(5-2)6-3/h12-13,15,20H,4-11H2,1-3H3. The predicted octanol–water partition coefficient (Wildman–Crippen LogP) is 2.98. The fourth-order valence-electron chi connectivity index (χ4n) is 3.79. The zero-order chi connectivity index (χ0) is 14.6. The van der Waals surface area contributed by atoms with E-state index in [2.05, 4.69) is 30.8 Å². The SMILES string of the molecule is CCCn1cc(C(O)C2(N(CC)CC)CCCC2)cn1. The van der Waals surface area contributed by atoms with E-state index in [-0.39, 0.29) is 5.54 Å². The van der Waals surface area contributed by atoms with Crippen LogP contribution in [0, 0.1) is 0 Å². The van der Waals surface area contributed by atoms with Gasteiger partial charge in [-0.2, -0.15) is 5.10 Å². The summed E-state index contributed by atoms with van der Waals surface area (Å²) >= 11 is 0. The highest BCUT2D eigenvalue weighted by atomic mass is 16.3. The maximum atomic E-state index is 11.0. The van der Waals surface area contributed by atoms with Gasteiger partial charge < -0.3 is 5.11 Å². The molecule has 1 aromatic rings. The van der Waals surface area contributed by atoms with Crippen molar-refractivity contribution in [1.82, 2.24) is 14.7 Å². The Morgan fingerprint density at radius 1 is 1.30 bits per heavy atom. The zero-order valence-electron chi connectivity index (χ0n) is 13.2. The molecule has 4 nitrogen and oxygen atoms in total. The molecule has 0 amide bonds. The third-order valence-electron chi connectivity index (χ3n) is 4.79. The summed E-state index contributed by atoms with van der Waals surface area (Å²) < 4.78 is 1.95. The molecule has 1 heterocycles. The van der Waals surface area contributed by atoms with Gasteiger partial charge in [0.15, 0.2) is 0 Å². The second-order valence-corrected chi connectivity index (χ2v) is 5.92. The van der Waals surface area contributed by atoms with Gasteiger partial charge in [-0.25, -0.2) is 0 Å². The molecular weight excluding hydrogens is 250 g/mol. The smallest absolute Gasteiger partial charge is 0.100 e. The number of hydrogen-bond donors (Lipinski definition) is 1. The van der Waals surface area contributed by atoms with E-state index in [1.807, 2.05) is 17.1 Å². The largest absolute Gasteiger partial charge is 0.386 e. The van der Waals surface area contributed by atoms with Gasteiger partial charge in [0.25, 0.3) is 0 Å². The molecule has 1 atom stereocenters. The number of aliphatic hydroxyl groups is 1. The van der Waals surface area contributed by atoms with E-state index in [1.165, 1.54) is 12.8 Å². The summed E-state index contributed by atoms with van der Waals surface area (Å²) in [6.07, 6.45) is 9.15. The van der Waals surface area contributed by atoms with Crippen molar-refractivity contribution in [3.63, 3.8) is 0 Å². The summed E-state index contributed by atoms with van der Waals surface area (Å²) in [5.74, 6) is 0. The monoisotopic (exact) mass is 279 g/mol. The van der Waals surface area contributed by atoms with Gasteiger partial charge in [-0.15, -0.1) is 0 Å². The molecule has 0 saturated heterocycles. The minimum Gasteiger partial charge on any atom is -0.386 e. The van der Waals surface area contributed by atoms with Crippen LogP contribution in [-0.2, 0) is 6.54 Å². The second kappa shape index (κ2) is 6.72. The molecule has 0 aliphatic heterocycles. The van der Waals surface area contributed by atoms with Crippen LogP contribution in [0.1, 0.15) is 64.5 Å². The number of nitrogens with zero attached hydrogens (tertiary/aromatic N) is 3. The average molecular weight is 279 g/mol. The average Bonchev–Trinajstić information content (AvgIpc) is 3.10. The zero-order valence-corrected chi connectivity index (χ0v) is 13.2. The van der Waals surface area contributed by atoms with Gasteiger partial charge in [-0.1, -0.05) is 33.6 Å². The van der Waals surface area contributed by atoms with Crippen molar-refractivity contribution in [3.05, 3.63) is 18.0 Å². The molecule has 0 bridgehead atoms. The molecule has 0 spiro atoms. The lowest BCUT2D eigenvalue weighted by atomic mass is 9.85. The van der Waals surface area contributed by atoms with Crippen molar-refractivity contribution >= 4 is 0 Å². The van der Waals surface area contributed by atoms with Crippen molar-refractivity contribution in [2.24, 2.45) is 0 Å². The number of aromatic nitrogens is 2. The van der Waals surface area contributed by atoms with E-state index in [4.69, 9.17) is 0 Å².